The monoisotopic (exact) mass is 381 g/mol. The maximum absolute atomic E-state index is 12.9. The van der Waals surface area contributed by atoms with Gasteiger partial charge in [0.1, 0.15) is 0 Å². The van der Waals surface area contributed by atoms with Crippen molar-refractivity contribution < 1.29 is 13.2 Å². The molecule has 1 saturated heterocycles. The number of aryl methyl sites for hydroxylation is 1. The number of sulfonamides is 1. The number of carbonyl (C=O) groups excluding carboxylic acids is 1. The molecule has 7 nitrogen and oxygen atoms in total. The molecule has 0 bridgehead atoms. The van der Waals surface area contributed by atoms with Gasteiger partial charge in [0.15, 0.2) is 0 Å². The van der Waals surface area contributed by atoms with E-state index in [-0.39, 0.29) is 21.6 Å². The summed E-state index contributed by atoms with van der Waals surface area (Å²) in [5.74, 6) is 0.318. The van der Waals surface area contributed by atoms with Crippen molar-refractivity contribution in [1.82, 2.24) is 13.8 Å². The zero-order chi connectivity index (χ0) is 17.8. The zero-order valence-corrected chi connectivity index (χ0v) is 15.5. The van der Waals surface area contributed by atoms with Gasteiger partial charge in [0.05, 0.1) is 15.1 Å². The fourth-order valence-corrected chi connectivity index (χ4v) is 5.60. The minimum atomic E-state index is -3.62. The lowest BCUT2D eigenvalue weighted by atomic mass is 10.3. The SMILES string of the molecule is Cn1c(=O)sc2cc(S(=O)(=O)N3CCN(C(=O)C4CC4)CC3)ccc21. The van der Waals surface area contributed by atoms with Crippen molar-refractivity contribution >= 4 is 37.5 Å². The molecular formula is C16H19N3O4S2. The zero-order valence-electron chi connectivity index (χ0n) is 13.8. The van der Waals surface area contributed by atoms with E-state index >= 15 is 0 Å². The van der Waals surface area contributed by atoms with Crippen LogP contribution in [-0.4, -0.2) is 54.3 Å². The summed E-state index contributed by atoms with van der Waals surface area (Å²) in [6.45, 7) is 1.50. The van der Waals surface area contributed by atoms with Crippen molar-refractivity contribution in [3.8, 4) is 0 Å². The molecule has 2 fully saturated rings. The lowest BCUT2D eigenvalue weighted by Crippen LogP contribution is -2.50. The number of amides is 1. The molecule has 134 valence electrons. The predicted molar refractivity (Wildman–Crippen MR) is 95.1 cm³/mol. The first kappa shape index (κ1) is 16.7. The molecule has 0 N–H and O–H groups in total. The van der Waals surface area contributed by atoms with Gasteiger partial charge in [0, 0.05) is 39.1 Å². The molecule has 1 aliphatic heterocycles. The van der Waals surface area contributed by atoms with Crippen molar-refractivity contribution in [1.29, 1.82) is 0 Å². The largest absolute Gasteiger partial charge is 0.340 e. The van der Waals surface area contributed by atoms with Gasteiger partial charge in [-0.05, 0) is 31.0 Å². The number of carbonyl (C=O) groups is 1. The molecule has 0 spiro atoms. The minimum absolute atomic E-state index is 0.114. The van der Waals surface area contributed by atoms with Crippen molar-refractivity contribution in [2.45, 2.75) is 17.7 Å². The Morgan fingerprint density at radius 1 is 1.16 bits per heavy atom. The summed E-state index contributed by atoms with van der Waals surface area (Å²) < 4.78 is 29.4. The number of hydrogen-bond acceptors (Lipinski definition) is 5. The summed E-state index contributed by atoms with van der Waals surface area (Å²) in [4.78, 5) is 25.7. The van der Waals surface area contributed by atoms with Gasteiger partial charge in [-0.1, -0.05) is 11.3 Å². The first-order valence-electron chi connectivity index (χ1n) is 8.26. The standard InChI is InChI=1S/C16H19N3O4S2/c1-17-13-5-4-12(10-14(13)24-16(17)21)25(22,23)19-8-6-18(7-9-19)15(20)11-2-3-11/h4-5,10-11H,2-3,6-9H2,1H3. The third-order valence-corrected chi connectivity index (χ3v) is 7.77. The Balaban J connectivity index is 1.55. The number of fused-ring (bicyclic) bond motifs is 1. The Bertz CT molecular complexity index is 996. The second kappa shape index (κ2) is 5.93. The number of thiazole rings is 1. The van der Waals surface area contributed by atoms with Crippen LogP contribution in [0, 0.1) is 5.92 Å². The van der Waals surface area contributed by atoms with Crippen LogP contribution < -0.4 is 4.87 Å². The Morgan fingerprint density at radius 2 is 1.84 bits per heavy atom. The van der Waals surface area contributed by atoms with E-state index in [2.05, 4.69) is 0 Å². The van der Waals surface area contributed by atoms with Gasteiger partial charge in [0.25, 0.3) is 0 Å². The molecule has 25 heavy (non-hydrogen) atoms. The molecule has 2 heterocycles. The molecule has 0 unspecified atom stereocenters. The van der Waals surface area contributed by atoms with Gasteiger partial charge in [-0.2, -0.15) is 4.31 Å². The van der Waals surface area contributed by atoms with E-state index in [4.69, 9.17) is 0 Å². The summed E-state index contributed by atoms with van der Waals surface area (Å²) in [6, 6.07) is 4.79. The molecule has 1 aromatic heterocycles. The van der Waals surface area contributed by atoms with Crippen LogP contribution >= 0.6 is 11.3 Å². The van der Waals surface area contributed by atoms with Gasteiger partial charge >= 0.3 is 4.87 Å². The Morgan fingerprint density at radius 3 is 2.48 bits per heavy atom. The second-order valence-corrected chi connectivity index (χ2v) is 9.49. The van der Waals surface area contributed by atoms with E-state index in [9.17, 15) is 18.0 Å². The predicted octanol–water partition coefficient (Wildman–Crippen LogP) is 0.843. The lowest BCUT2D eigenvalue weighted by molar-refractivity contribution is -0.133. The average molecular weight is 381 g/mol. The molecule has 4 rings (SSSR count). The molecule has 1 aromatic carbocycles. The molecule has 2 aromatic rings. The van der Waals surface area contributed by atoms with Crippen LogP contribution in [0.4, 0.5) is 0 Å². The Hall–Kier alpha value is -1.71. The third kappa shape index (κ3) is 2.90. The fourth-order valence-electron chi connectivity index (χ4n) is 3.16. The van der Waals surface area contributed by atoms with Crippen LogP contribution in [0.2, 0.25) is 0 Å². The van der Waals surface area contributed by atoms with Gasteiger partial charge in [-0.25, -0.2) is 8.42 Å². The topological polar surface area (TPSA) is 79.7 Å². The van der Waals surface area contributed by atoms with E-state index in [0.717, 1.165) is 29.7 Å². The number of rotatable bonds is 3. The van der Waals surface area contributed by atoms with Crippen LogP contribution in [0.1, 0.15) is 12.8 Å². The molecule has 1 aliphatic carbocycles. The molecule has 1 saturated carbocycles. The minimum Gasteiger partial charge on any atom is -0.340 e. The number of aromatic nitrogens is 1. The Labute approximate surface area is 149 Å². The number of piperazine rings is 1. The lowest BCUT2D eigenvalue weighted by Gasteiger charge is -2.34. The van der Waals surface area contributed by atoms with Crippen LogP contribution in [0.15, 0.2) is 27.9 Å². The van der Waals surface area contributed by atoms with Gasteiger partial charge in [-0.3, -0.25) is 9.59 Å². The molecular weight excluding hydrogens is 362 g/mol. The van der Waals surface area contributed by atoms with Crippen LogP contribution in [0.5, 0.6) is 0 Å². The summed E-state index contributed by atoms with van der Waals surface area (Å²) in [5, 5.41) is 0. The normalized spacial score (nSPS) is 19.5. The van der Waals surface area contributed by atoms with E-state index in [1.807, 2.05) is 0 Å². The van der Waals surface area contributed by atoms with E-state index < -0.39 is 10.0 Å². The first-order valence-corrected chi connectivity index (χ1v) is 10.5. The molecule has 1 amide bonds. The van der Waals surface area contributed by atoms with Gasteiger partial charge in [-0.15, -0.1) is 0 Å². The highest BCUT2D eigenvalue weighted by Crippen LogP contribution is 2.31. The summed E-state index contributed by atoms with van der Waals surface area (Å²) >= 11 is 1.04. The molecule has 0 radical (unpaired) electrons. The first-order chi connectivity index (χ1) is 11.9. The van der Waals surface area contributed by atoms with E-state index in [1.54, 1.807) is 30.1 Å². The maximum Gasteiger partial charge on any atom is 0.307 e. The van der Waals surface area contributed by atoms with Crippen molar-refractivity contribution in [3.63, 3.8) is 0 Å². The fraction of sp³-hybridized carbons (Fsp3) is 0.500. The highest BCUT2D eigenvalue weighted by molar-refractivity contribution is 7.89. The highest BCUT2D eigenvalue weighted by atomic mass is 32.2. The van der Waals surface area contributed by atoms with Crippen molar-refractivity contribution in [3.05, 3.63) is 27.9 Å². The number of benzene rings is 1. The second-order valence-electron chi connectivity index (χ2n) is 6.56. The van der Waals surface area contributed by atoms with E-state index in [0.29, 0.717) is 30.9 Å². The maximum atomic E-state index is 12.9. The molecule has 2 aliphatic rings. The van der Waals surface area contributed by atoms with Crippen molar-refractivity contribution in [2.75, 3.05) is 26.2 Å². The molecule has 9 heteroatoms. The van der Waals surface area contributed by atoms with Crippen molar-refractivity contribution in [2.24, 2.45) is 13.0 Å². The summed E-state index contributed by atoms with van der Waals surface area (Å²) in [7, 11) is -1.95. The number of hydrogen-bond donors (Lipinski definition) is 0. The Kier molecular flexibility index (Phi) is 3.97. The highest BCUT2D eigenvalue weighted by Gasteiger charge is 2.36. The van der Waals surface area contributed by atoms with Crippen LogP contribution in [0.25, 0.3) is 10.2 Å². The molecule has 0 atom stereocenters. The quantitative estimate of drug-likeness (QED) is 0.789. The van der Waals surface area contributed by atoms with Gasteiger partial charge in [0.2, 0.25) is 15.9 Å². The van der Waals surface area contributed by atoms with Crippen LogP contribution in [-0.2, 0) is 21.9 Å². The summed E-state index contributed by atoms with van der Waals surface area (Å²) in [5.41, 5.74) is 0.730. The smallest absolute Gasteiger partial charge is 0.307 e. The summed E-state index contributed by atoms with van der Waals surface area (Å²) in [6.07, 6.45) is 1.91. The van der Waals surface area contributed by atoms with Crippen LogP contribution in [0.3, 0.4) is 0 Å². The number of nitrogens with zero attached hydrogens (tertiary/aromatic N) is 3. The van der Waals surface area contributed by atoms with E-state index in [1.165, 1.54) is 8.87 Å². The third-order valence-electron chi connectivity index (χ3n) is 4.88. The average Bonchev–Trinajstić information content (AvgIpc) is 3.41. The van der Waals surface area contributed by atoms with Gasteiger partial charge < -0.3 is 9.47 Å².